The second-order valence-electron chi connectivity index (χ2n) is 5.75. The minimum Gasteiger partial charge on any atom is -0.494 e. The number of halogens is 1. The van der Waals surface area contributed by atoms with Gasteiger partial charge in [0.1, 0.15) is 0 Å². The fourth-order valence-corrected chi connectivity index (χ4v) is 2.28. The molecular formula is C19H19FN2O5. The van der Waals surface area contributed by atoms with Crippen LogP contribution in [0.2, 0.25) is 0 Å². The number of aryl methyl sites for hydroxylation is 2. The summed E-state index contributed by atoms with van der Waals surface area (Å²) in [6.07, 6.45) is 0. The Balaban J connectivity index is 1.85. The van der Waals surface area contributed by atoms with E-state index in [9.17, 15) is 18.8 Å². The van der Waals surface area contributed by atoms with Crippen molar-refractivity contribution >= 4 is 23.6 Å². The zero-order chi connectivity index (χ0) is 20.0. The lowest BCUT2D eigenvalue weighted by Crippen LogP contribution is -2.37. The number of benzene rings is 2. The lowest BCUT2D eigenvalue weighted by atomic mass is 10.1. The summed E-state index contributed by atoms with van der Waals surface area (Å²) < 4.78 is 23.1. The molecule has 0 bridgehead atoms. The van der Waals surface area contributed by atoms with Gasteiger partial charge in [0.25, 0.3) is 5.91 Å². The van der Waals surface area contributed by atoms with Gasteiger partial charge in [-0.15, -0.1) is 0 Å². The van der Waals surface area contributed by atoms with Crippen LogP contribution in [-0.2, 0) is 9.53 Å². The van der Waals surface area contributed by atoms with Crippen molar-refractivity contribution in [1.29, 1.82) is 0 Å². The van der Waals surface area contributed by atoms with E-state index in [1.165, 1.54) is 19.2 Å². The normalized spacial score (nSPS) is 10.1. The van der Waals surface area contributed by atoms with E-state index in [4.69, 9.17) is 9.47 Å². The number of imide groups is 1. The number of anilines is 1. The summed E-state index contributed by atoms with van der Waals surface area (Å²) >= 11 is 0. The summed E-state index contributed by atoms with van der Waals surface area (Å²) in [6, 6.07) is 8.17. The van der Waals surface area contributed by atoms with Crippen LogP contribution in [0, 0.1) is 19.7 Å². The summed E-state index contributed by atoms with van der Waals surface area (Å²) in [7, 11) is 1.30. The molecule has 3 amide bonds. The maximum absolute atomic E-state index is 13.6. The van der Waals surface area contributed by atoms with Crippen molar-refractivity contribution in [3.63, 3.8) is 0 Å². The summed E-state index contributed by atoms with van der Waals surface area (Å²) in [5.41, 5.74) is 2.35. The zero-order valence-corrected chi connectivity index (χ0v) is 15.1. The van der Waals surface area contributed by atoms with E-state index in [0.29, 0.717) is 5.69 Å². The number of nitrogens with one attached hydrogen (secondary N) is 2. The Labute approximate surface area is 155 Å². The first-order valence-corrected chi connectivity index (χ1v) is 7.99. The van der Waals surface area contributed by atoms with Gasteiger partial charge in [-0.2, -0.15) is 0 Å². The van der Waals surface area contributed by atoms with Gasteiger partial charge in [-0.1, -0.05) is 17.7 Å². The lowest BCUT2D eigenvalue weighted by Gasteiger charge is -2.10. The number of amides is 3. The predicted octanol–water partition coefficient (Wildman–Crippen LogP) is 2.96. The van der Waals surface area contributed by atoms with E-state index in [2.05, 4.69) is 5.32 Å². The Hall–Kier alpha value is -3.42. The number of esters is 1. The van der Waals surface area contributed by atoms with Crippen LogP contribution in [0.4, 0.5) is 14.9 Å². The maximum Gasteiger partial charge on any atom is 0.338 e. The fourth-order valence-electron chi connectivity index (χ4n) is 2.28. The largest absolute Gasteiger partial charge is 0.494 e. The van der Waals surface area contributed by atoms with Crippen molar-refractivity contribution in [2.75, 3.05) is 19.0 Å². The van der Waals surface area contributed by atoms with Crippen molar-refractivity contribution < 1.29 is 28.2 Å². The Morgan fingerprint density at radius 1 is 1.07 bits per heavy atom. The number of rotatable bonds is 5. The highest BCUT2D eigenvalue weighted by atomic mass is 19.1. The van der Waals surface area contributed by atoms with Gasteiger partial charge < -0.3 is 14.8 Å². The molecule has 27 heavy (non-hydrogen) atoms. The third kappa shape index (κ3) is 5.53. The van der Waals surface area contributed by atoms with E-state index in [0.717, 1.165) is 17.2 Å². The lowest BCUT2D eigenvalue weighted by molar-refractivity contribution is -0.123. The number of urea groups is 1. The van der Waals surface area contributed by atoms with Crippen LogP contribution in [0.5, 0.6) is 5.75 Å². The van der Waals surface area contributed by atoms with E-state index in [1.54, 1.807) is 6.07 Å². The van der Waals surface area contributed by atoms with Crippen molar-refractivity contribution in [1.82, 2.24) is 5.32 Å². The summed E-state index contributed by atoms with van der Waals surface area (Å²) in [6.45, 7) is 3.05. The van der Waals surface area contributed by atoms with Gasteiger partial charge in [-0.05, 0) is 43.7 Å². The molecule has 0 heterocycles. The van der Waals surface area contributed by atoms with Gasteiger partial charge in [0, 0.05) is 5.69 Å². The van der Waals surface area contributed by atoms with Gasteiger partial charge >= 0.3 is 12.0 Å². The molecule has 0 saturated carbocycles. The van der Waals surface area contributed by atoms with Crippen molar-refractivity contribution in [3.8, 4) is 5.75 Å². The highest BCUT2D eigenvalue weighted by Gasteiger charge is 2.15. The molecule has 0 aliphatic carbocycles. The number of ether oxygens (including phenoxy) is 2. The van der Waals surface area contributed by atoms with E-state index in [-0.39, 0.29) is 11.3 Å². The van der Waals surface area contributed by atoms with E-state index in [1.807, 2.05) is 31.3 Å². The molecule has 2 rings (SSSR count). The molecule has 2 aromatic rings. The molecule has 0 saturated heterocycles. The molecular weight excluding hydrogens is 355 g/mol. The molecule has 2 aromatic carbocycles. The van der Waals surface area contributed by atoms with Crippen LogP contribution in [0.3, 0.4) is 0 Å². The molecule has 142 valence electrons. The van der Waals surface area contributed by atoms with Crippen LogP contribution in [0.1, 0.15) is 21.5 Å². The summed E-state index contributed by atoms with van der Waals surface area (Å²) in [5, 5.41) is 4.58. The smallest absolute Gasteiger partial charge is 0.338 e. The summed E-state index contributed by atoms with van der Waals surface area (Å²) in [4.78, 5) is 35.4. The minimum atomic E-state index is -0.901. The predicted molar refractivity (Wildman–Crippen MR) is 96.3 cm³/mol. The number of hydrogen-bond donors (Lipinski definition) is 2. The fraction of sp³-hybridized carbons (Fsp3) is 0.211. The maximum atomic E-state index is 13.6. The van der Waals surface area contributed by atoms with Crippen molar-refractivity contribution in [2.24, 2.45) is 0 Å². The Morgan fingerprint density at radius 2 is 1.81 bits per heavy atom. The third-order valence-corrected chi connectivity index (χ3v) is 3.60. The van der Waals surface area contributed by atoms with E-state index >= 15 is 0 Å². The highest BCUT2D eigenvalue weighted by Crippen LogP contribution is 2.18. The second-order valence-corrected chi connectivity index (χ2v) is 5.75. The Morgan fingerprint density at radius 3 is 2.44 bits per heavy atom. The monoisotopic (exact) mass is 374 g/mol. The number of carbonyl (C=O) groups is 3. The van der Waals surface area contributed by atoms with Crippen molar-refractivity contribution in [3.05, 3.63) is 58.9 Å². The number of carbonyl (C=O) groups excluding carboxylic acids is 3. The van der Waals surface area contributed by atoms with E-state index < -0.39 is 30.3 Å². The first kappa shape index (κ1) is 19.9. The molecule has 0 aliphatic heterocycles. The second kappa shape index (κ2) is 8.79. The van der Waals surface area contributed by atoms with Gasteiger partial charge in [-0.25, -0.2) is 14.0 Å². The van der Waals surface area contributed by atoms with Crippen LogP contribution in [-0.4, -0.2) is 31.6 Å². The first-order chi connectivity index (χ1) is 12.8. The quantitative estimate of drug-likeness (QED) is 0.785. The molecule has 7 nitrogen and oxygen atoms in total. The molecule has 0 spiro atoms. The average Bonchev–Trinajstić information content (AvgIpc) is 2.62. The number of methoxy groups -OCH3 is 1. The molecule has 0 atom stereocenters. The van der Waals surface area contributed by atoms with Crippen LogP contribution in [0.25, 0.3) is 0 Å². The van der Waals surface area contributed by atoms with Crippen LogP contribution < -0.4 is 15.4 Å². The SMILES string of the molecule is COc1ccc(C(=O)OCC(=O)NC(=O)Nc2ccc(C)cc2C)cc1F. The molecule has 0 fully saturated rings. The van der Waals surface area contributed by atoms with Gasteiger partial charge in [-0.3, -0.25) is 10.1 Å². The van der Waals surface area contributed by atoms with Gasteiger partial charge in [0.05, 0.1) is 12.7 Å². The molecule has 0 aromatic heterocycles. The molecule has 0 aliphatic rings. The zero-order valence-electron chi connectivity index (χ0n) is 15.1. The van der Waals surface area contributed by atoms with Gasteiger partial charge in [0.2, 0.25) is 0 Å². The molecule has 2 N–H and O–H groups in total. The van der Waals surface area contributed by atoms with Crippen molar-refractivity contribution in [2.45, 2.75) is 13.8 Å². The summed E-state index contributed by atoms with van der Waals surface area (Å²) in [5.74, 6) is -2.47. The molecule has 8 heteroatoms. The standard InChI is InChI=1S/C19H19FN2O5/c1-11-4-6-15(12(2)8-11)21-19(25)22-17(23)10-27-18(24)13-5-7-16(26-3)14(20)9-13/h4-9H,10H2,1-3H3,(H2,21,22,23,25). The first-order valence-electron chi connectivity index (χ1n) is 7.99. The van der Waals surface area contributed by atoms with Gasteiger partial charge in [0.15, 0.2) is 18.2 Å². The molecule has 0 radical (unpaired) electrons. The van der Waals surface area contributed by atoms with Crippen LogP contribution in [0.15, 0.2) is 36.4 Å². The third-order valence-electron chi connectivity index (χ3n) is 3.60. The molecule has 0 unspecified atom stereocenters. The Bertz CT molecular complexity index is 882. The highest BCUT2D eigenvalue weighted by molar-refractivity contribution is 6.02. The number of hydrogen-bond acceptors (Lipinski definition) is 5. The average molecular weight is 374 g/mol. The minimum absolute atomic E-state index is 0.0210. The Kier molecular flexibility index (Phi) is 6.48. The van der Waals surface area contributed by atoms with Crippen LogP contribution >= 0.6 is 0 Å². The topological polar surface area (TPSA) is 93.7 Å².